The molecule has 0 aromatic heterocycles. The van der Waals surface area contributed by atoms with Crippen LogP contribution in [0.2, 0.25) is 0 Å². The van der Waals surface area contributed by atoms with E-state index in [2.05, 4.69) is 93.7 Å². The number of rotatable bonds is 58. The first-order valence-corrected chi connectivity index (χ1v) is 31.9. The molecule has 0 aromatic carbocycles. The van der Waals surface area contributed by atoms with E-state index in [1.165, 1.54) is 199 Å². The normalized spacial score (nSPS) is 12.5. The molecule has 0 saturated heterocycles. The van der Waals surface area contributed by atoms with Crippen molar-refractivity contribution in [2.75, 3.05) is 13.2 Å². The number of ether oxygens (including phenoxy) is 3. The van der Waals surface area contributed by atoms with Gasteiger partial charge >= 0.3 is 17.9 Å². The van der Waals surface area contributed by atoms with E-state index in [9.17, 15) is 14.4 Å². The third-order valence-electron chi connectivity index (χ3n) is 13.9. The van der Waals surface area contributed by atoms with E-state index >= 15 is 0 Å². The van der Waals surface area contributed by atoms with Crippen LogP contribution in [0.3, 0.4) is 0 Å². The van der Waals surface area contributed by atoms with Crippen LogP contribution in [0.5, 0.6) is 0 Å². The van der Waals surface area contributed by atoms with Crippen LogP contribution < -0.4 is 0 Å². The van der Waals surface area contributed by atoms with Crippen LogP contribution in [-0.2, 0) is 28.6 Å². The molecule has 0 aliphatic heterocycles. The molecule has 6 nitrogen and oxygen atoms in total. The van der Waals surface area contributed by atoms with Crippen LogP contribution in [0.25, 0.3) is 0 Å². The van der Waals surface area contributed by atoms with E-state index in [4.69, 9.17) is 14.2 Å². The number of esters is 3. The second-order valence-corrected chi connectivity index (χ2v) is 21.3. The Labute approximate surface area is 459 Å². The third-order valence-corrected chi connectivity index (χ3v) is 13.9. The number of carbonyl (C=O) groups is 3. The molecular formula is C68H120O6. The van der Waals surface area contributed by atoms with Crippen molar-refractivity contribution in [3.63, 3.8) is 0 Å². The van der Waals surface area contributed by atoms with Crippen LogP contribution in [0.4, 0.5) is 0 Å². The van der Waals surface area contributed by atoms with Gasteiger partial charge in [0.25, 0.3) is 0 Å². The lowest BCUT2D eigenvalue weighted by molar-refractivity contribution is -0.167. The zero-order valence-corrected chi connectivity index (χ0v) is 49.1. The molecule has 0 heterocycles. The molecule has 6 heteroatoms. The molecule has 0 rings (SSSR count). The first kappa shape index (κ1) is 70.8. The highest BCUT2D eigenvalue weighted by Crippen LogP contribution is 2.17. The zero-order valence-electron chi connectivity index (χ0n) is 49.1. The minimum atomic E-state index is -0.806. The van der Waals surface area contributed by atoms with Gasteiger partial charge in [-0.05, 0) is 83.5 Å². The molecule has 0 aliphatic carbocycles. The molecule has 0 spiro atoms. The Hall–Kier alpha value is -3.15. The van der Waals surface area contributed by atoms with Gasteiger partial charge in [0, 0.05) is 19.3 Å². The van der Waals surface area contributed by atoms with Crippen LogP contribution in [0.1, 0.15) is 323 Å². The molecule has 0 aromatic rings. The highest BCUT2D eigenvalue weighted by atomic mass is 16.6. The molecule has 0 radical (unpaired) electrons. The van der Waals surface area contributed by atoms with Gasteiger partial charge in [-0.2, -0.15) is 0 Å². The lowest BCUT2D eigenvalue weighted by atomic mass is 10.0. The molecule has 1 atom stereocenters. The van der Waals surface area contributed by atoms with Crippen molar-refractivity contribution >= 4 is 17.9 Å². The monoisotopic (exact) mass is 1030 g/mol. The summed E-state index contributed by atoms with van der Waals surface area (Å²) < 4.78 is 16.9. The Bertz CT molecular complexity index is 1370. The Morgan fingerprint density at radius 2 is 0.541 bits per heavy atom. The summed E-state index contributed by atoms with van der Waals surface area (Å²) in [6.07, 6.45) is 80.6. The highest BCUT2D eigenvalue weighted by molar-refractivity contribution is 5.71. The lowest BCUT2D eigenvalue weighted by Gasteiger charge is -2.18. The average Bonchev–Trinajstić information content (AvgIpc) is 3.40. The number of allylic oxidation sites excluding steroid dienone is 12. The van der Waals surface area contributed by atoms with E-state index in [0.29, 0.717) is 19.3 Å². The zero-order chi connectivity index (χ0) is 53.6. The summed E-state index contributed by atoms with van der Waals surface area (Å²) in [5.41, 5.74) is 0. The van der Waals surface area contributed by atoms with Crippen LogP contribution in [0, 0.1) is 0 Å². The smallest absolute Gasteiger partial charge is 0.306 e. The molecule has 0 bridgehead atoms. The minimum Gasteiger partial charge on any atom is -0.462 e. The van der Waals surface area contributed by atoms with Gasteiger partial charge in [0.1, 0.15) is 13.2 Å². The summed E-state index contributed by atoms with van der Waals surface area (Å²) >= 11 is 0. The summed E-state index contributed by atoms with van der Waals surface area (Å²) in [6.45, 7) is 6.52. The quantitative estimate of drug-likeness (QED) is 0.0261. The SMILES string of the molecule is CC/C=C\C/C=C\C/C=C\C/C=C\C/C=C\CCCC(=O)OC(COC(=O)CCCCCCCCC/C=C\CCCCCCCC)COC(=O)CCCCCCCCCCCCCCCCCCCCCCCC. The fourth-order valence-electron chi connectivity index (χ4n) is 9.18. The molecule has 0 saturated carbocycles. The van der Waals surface area contributed by atoms with E-state index in [1.807, 2.05) is 0 Å². The van der Waals surface area contributed by atoms with Gasteiger partial charge in [-0.25, -0.2) is 0 Å². The van der Waals surface area contributed by atoms with E-state index in [0.717, 1.165) is 77.0 Å². The number of unbranched alkanes of at least 4 members (excludes halogenated alkanes) is 35. The first-order chi connectivity index (χ1) is 36.5. The molecule has 428 valence electrons. The Kier molecular flexibility index (Phi) is 59.7. The van der Waals surface area contributed by atoms with Crippen LogP contribution in [0.15, 0.2) is 72.9 Å². The Balaban J connectivity index is 4.39. The van der Waals surface area contributed by atoms with Gasteiger partial charge in [0.15, 0.2) is 6.10 Å². The fourth-order valence-corrected chi connectivity index (χ4v) is 9.18. The van der Waals surface area contributed by atoms with Gasteiger partial charge in [0.05, 0.1) is 0 Å². The first-order valence-electron chi connectivity index (χ1n) is 31.9. The maximum absolute atomic E-state index is 12.9. The van der Waals surface area contributed by atoms with E-state index in [-0.39, 0.29) is 37.5 Å². The van der Waals surface area contributed by atoms with Gasteiger partial charge in [0.2, 0.25) is 0 Å². The fraction of sp³-hybridized carbons (Fsp3) is 0.779. The second-order valence-electron chi connectivity index (χ2n) is 21.3. The van der Waals surface area contributed by atoms with Crippen molar-refractivity contribution in [1.82, 2.24) is 0 Å². The number of hydrogen-bond acceptors (Lipinski definition) is 6. The van der Waals surface area contributed by atoms with Gasteiger partial charge in [-0.15, -0.1) is 0 Å². The van der Waals surface area contributed by atoms with Crippen molar-refractivity contribution < 1.29 is 28.6 Å². The van der Waals surface area contributed by atoms with Gasteiger partial charge in [-0.1, -0.05) is 293 Å². The Morgan fingerprint density at radius 3 is 0.878 bits per heavy atom. The number of carbonyl (C=O) groups excluding carboxylic acids is 3. The summed E-state index contributed by atoms with van der Waals surface area (Å²) in [5.74, 6) is -0.944. The topological polar surface area (TPSA) is 78.9 Å². The summed E-state index contributed by atoms with van der Waals surface area (Å²) in [4.78, 5) is 38.3. The molecule has 0 aliphatic rings. The maximum atomic E-state index is 12.9. The molecule has 74 heavy (non-hydrogen) atoms. The average molecular weight is 1030 g/mol. The molecular weight excluding hydrogens is 913 g/mol. The van der Waals surface area contributed by atoms with Gasteiger partial charge in [-0.3, -0.25) is 14.4 Å². The van der Waals surface area contributed by atoms with Gasteiger partial charge < -0.3 is 14.2 Å². The standard InChI is InChI=1S/C68H120O6/c1-4-7-10-13-16-19-22-25-28-31-32-33-34-35-38-40-43-46-49-52-55-58-61-67(70)73-64-65(74-68(71)62-59-56-53-50-47-44-41-37-30-27-24-21-18-15-12-9-6-3)63-72-66(69)60-57-54-51-48-45-42-39-36-29-26-23-20-17-14-11-8-5-2/h9,12,18,21,26-27,29-30,41,44,50,53,65H,4-8,10-11,13-17,19-20,22-25,28,31-40,42-43,45-49,51-52,54-64H2,1-3H3/b12-9-,21-18-,29-26-,30-27-,44-41-,53-50-. The lowest BCUT2D eigenvalue weighted by Crippen LogP contribution is -2.30. The number of hydrogen-bond donors (Lipinski definition) is 0. The predicted molar refractivity (Wildman–Crippen MR) is 321 cm³/mol. The summed E-state index contributed by atoms with van der Waals surface area (Å²) in [7, 11) is 0. The molecule has 0 fully saturated rings. The van der Waals surface area contributed by atoms with Crippen molar-refractivity contribution in [3.8, 4) is 0 Å². The summed E-state index contributed by atoms with van der Waals surface area (Å²) in [5, 5.41) is 0. The van der Waals surface area contributed by atoms with Crippen molar-refractivity contribution in [3.05, 3.63) is 72.9 Å². The molecule has 1 unspecified atom stereocenters. The van der Waals surface area contributed by atoms with Crippen molar-refractivity contribution in [2.24, 2.45) is 0 Å². The van der Waals surface area contributed by atoms with Crippen LogP contribution >= 0.6 is 0 Å². The second kappa shape index (κ2) is 62.4. The van der Waals surface area contributed by atoms with Crippen molar-refractivity contribution in [2.45, 2.75) is 329 Å². The largest absolute Gasteiger partial charge is 0.462 e. The van der Waals surface area contributed by atoms with Crippen LogP contribution in [-0.4, -0.2) is 37.2 Å². The molecule has 0 amide bonds. The Morgan fingerprint density at radius 1 is 0.284 bits per heavy atom. The van der Waals surface area contributed by atoms with Crippen molar-refractivity contribution in [1.29, 1.82) is 0 Å². The molecule has 0 N–H and O–H groups in total. The maximum Gasteiger partial charge on any atom is 0.306 e. The highest BCUT2D eigenvalue weighted by Gasteiger charge is 2.19. The van der Waals surface area contributed by atoms with E-state index in [1.54, 1.807) is 0 Å². The summed E-state index contributed by atoms with van der Waals surface area (Å²) in [6, 6.07) is 0. The van der Waals surface area contributed by atoms with E-state index < -0.39 is 6.10 Å². The minimum absolute atomic E-state index is 0.0964. The predicted octanol–water partition coefficient (Wildman–Crippen LogP) is 21.7. The third kappa shape index (κ3) is 59.7.